The monoisotopic (exact) mass is 473 g/mol. The normalized spacial score (nSPS) is 17.6. The van der Waals surface area contributed by atoms with Gasteiger partial charge in [0.25, 0.3) is 0 Å². The number of nitrogens with zero attached hydrogens (tertiary/aromatic N) is 3. The van der Waals surface area contributed by atoms with Crippen LogP contribution >= 0.6 is 23.8 Å². The van der Waals surface area contributed by atoms with Crippen LogP contribution in [0.4, 0.5) is 0 Å². The van der Waals surface area contributed by atoms with Crippen LogP contribution in [0.3, 0.4) is 0 Å². The van der Waals surface area contributed by atoms with Crippen molar-refractivity contribution in [3.8, 4) is 16.9 Å². The van der Waals surface area contributed by atoms with E-state index in [4.69, 9.17) is 28.9 Å². The van der Waals surface area contributed by atoms with Gasteiger partial charge in [-0.1, -0.05) is 41.9 Å². The maximum Gasteiger partial charge on any atom is 0.187 e. The summed E-state index contributed by atoms with van der Waals surface area (Å²) >= 11 is 11.3. The van der Waals surface area contributed by atoms with Crippen molar-refractivity contribution < 1.29 is 8.42 Å². The zero-order valence-corrected chi connectivity index (χ0v) is 18.8. The third-order valence-corrected chi connectivity index (χ3v) is 7.05. The summed E-state index contributed by atoms with van der Waals surface area (Å²) in [6.07, 6.45) is 4.05. The topological polar surface area (TPSA) is 88.4 Å². The fraction of sp³-hybridized carbons (Fsp3) is 0.190. The molecule has 0 radical (unpaired) electrons. The molecule has 31 heavy (non-hydrogen) atoms. The Morgan fingerprint density at radius 2 is 1.94 bits per heavy atom. The Hall–Kier alpha value is -2.75. The molecule has 1 fully saturated rings. The number of hydrazone groups is 1. The number of hydrogen-bond donors (Lipinski definition) is 2. The molecule has 4 rings (SSSR count). The second-order valence-electron chi connectivity index (χ2n) is 7.16. The molecule has 160 valence electrons. The van der Waals surface area contributed by atoms with Crippen LogP contribution in [0.5, 0.6) is 0 Å². The minimum atomic E-state index is -2.98. The highest BCUT2D eigenvalue weighted by molar-refractivity contribution is 7.91. The Morgan fingerprint density at radius 1 is 1.19 bits per heavy atom. The van der Waals surface area contributed by atoms with E-state index >= 15 is 0 Å². The van der Waals surface area contributed by atoms with Gasteiger partial charge < -0.3 is 5.32 Å². The average Bonchev–Trinajstić information content (AvgIpc) is 3.32. The predicted octanol–water partition coefficient (Wildman–Crippen LogP) is 3.18. The van der Waals surface area contributed by atoms with E-state index in [0.29, 0.717) is 11.4 Å². The van der Waals surface area contributed by atoms with E-state index in [-0.39, 0.29) is 22.7 Å². The first-order chi connectivity index (χ1) is 14.9. The van der Waals surface area contributed by atoms with Crippen LogP contribution < -0.4 is 10.7 Å². The highest BCUT2D eigenvalue weighted by atomic mass is 35.5. The van der Waals surface area contributed by atoms with E-state index in [1.165, 1.54) is 0 Å². The summed E-state index contributed by atoms with van der Waals surface area (Å²) < 4.78 is 24.9. The van der Waals surface area contributed by atoms with Crippen molar-refractivity contribution in [2.24, 2.45) is 5.10 Å². The second-order valence-corrected chi connectivity index (χ2v) is 10.2. The van der Waals surface area contributed by atoms with Gasteiger partial charge in [0.1, 0.15) is 5.69 Å². The smallest absolute Gasteiger partial charge is 0.187 e. The highest BCUT2D eigenvalue weighted by Gasteiger charge is 2.28. The minimum Gasteiger partial charge on any atom is -0.358 e. The van der Waals surface area contributed by atoms with Gasteiger partial charge >= 0.3 is 0 Å². The van der Waals surface area contributed by atoms with Crippen LogP contribution in [-0.2, 0) is 9.84 Å². The Balaban J connectivity index is 1.53. The predicted molar refractivity (Wildman–Crippen MR) is 128 cm³/mol. The first-order valence-corrected chi connectivity index (χ1v) is 12.2. The molecule has 10 heteroatoms. The van der Waals surface area contributed by atoms with Crippen LogP contribution in [-0.4, -0.2) is 47.1 Å². The molecule has 1 aliphatic rings. The van der Waals surface area contributed by atoms with Crippen molar-refractivity contribution in [1.29, 1.82) is 0 Å². The fourth-order valence-electron chi connectivity index (χ4n) is 3.31. The van der Waals surface area contributed by atoms with Crippen molar-refractivity contribution >= 4 is 45.0 Å². The minimum absolute atomic E-state index is 0.0864. The van der Waals surface area contributed by atoms with Crippen molar-refractivity contribution in [3.05, 3.63) is 71.4 Å². The lowest BCUT2D eigenvalue weighted by atomic mass is 10.1. The van der Waals surface area contributed by atoms with Crippen LogP contribution in [0, 0.1) is 0 Å². The summed E-state index contributed by atoms with van der Waals surface area (Å²) in [4.78, 5) is 0. The molecular formula is C21H20ClN5O2S2. The fourth-order valence-corrected chi connectivity index (χ4v) is 5.33. The molecule has 2 aromatic carbocycles. The van der Waals surface area contributed by atoms with Gasteiger partial charge in [-0.25, -0.2) is 13.1 Å². The molecule has 0 bridgehead atoms. The van der Waals surface area contributed by atoms with Crippen molar-refractivity contribution in [1.82, 2.24) is 20.5 Å². The van der Waals surface area contributed by atoms with Crippen LogP contribution in [0.1, 0.15) is 12.0 Å². The summed E-state index contributed by atoms with van der Waals surface area (Å²) in [7, 11) is -2.98. The van der Waals surface area contributed by atoms with Gasteiger partial charge in [0.05, 0.1) is 23.4 Å². The number of halogens is 1. The molecule has 1 aromatic heterocycles. The van der Waals surface area contributed by atoms with E-state index < -0.39 is 9.84 Å². The van der Waals surface area contributed by atoms with Crippen LogP contribution in [0.25, 0.3) is 16.9 Å². The molecule has 2 heterocycles. The number of thiocarbonyl (C=S) groups is 1. The maximum atomic E-state index is 11.6. The Kier molecular flexibility index (Phi) is 6.35. The van der Waals surface area contributed by atoms with E-state index in [1.807, 2.05) is 60.8 Å². The maximum absolute atomic E-state index is 11.6. The highest BCUT2D eigenvalue weighted by Crippen LogP contribution is 2.24. The number of para-hydroxylation sites is 1. The third kappa shape index (κ3) is 5.49. The average molecular weight is 474 g/mol. The van der Waals surface area contributed by atoms with Gasteiger partial charge in [-0.05, 0) is 42.9 Å². The zero-order valence-electron chi connectivity index (χ0n) is 16.4. The van der Waals surface area contributed by atoms with E-state index in [1.54, 1.807) is 10.9 Å². The quantitative estimate of drug-likeness (QED) is 0.336. The lowest BCUT2D eigenvalue weighted by Crippen LogP contribution is -2.40. The van der Waals surface area contributed by atoms with Gasteiger partial charge in [-0.15, -0.1) is 0 Å². The number of rotatable bonds is 5. The summed E-state index contributed by atoms with van der Waals surface area (Å²) in [5.41, 5.74) is 6.11. The molecule has 0 saturated carbocycles. The van der Waals surface area contributed by atoms with Crippen molar-refractivity contribution in [2.45, 2.75) is 12.5 Å². The first-order valence-electron chi connectivity index (χ1n) is 9.61. The van der Waals surface area contributed by atoms with Gasteiger partial charge in [-0.3, -0.25) is 5.43 Å². The number of benzene rings is 2. The molecule has 1 saturated heterocycles. The van der Waals surface area contributed by atoms with Crippen LogP contribution in [0.15, 0.2) is 65.9 Å². The molecule has 0 amide bonds. The van der Waals surface area contributed by atoms with E-state index in [0.717, 1.165) is 22.5 Å². The first kappa shape index (κ1) is 21.5. The number of aromatic nitrogens is 2. The standard InChI is InChI=1S/C21H20ClN5O2S2/c22-17-8-6-15(7-9-17)20-16(13-27(26-20)19-4-2-1-3-5-19)12-23-25-21(30)24-18-10-11-31(28,29)14-18/h1-9,12-13,18H,10-11,14H2,(H2,24,25,30)/b23-12-/t18-/m1/s1. The summed E-state index contributed by atoms with van der Waals surface area (Å²) in [6.45, 7) is 0. The van der Waals surface area contributed by atoms with Gasteiger partial charge in [0.15, 0.2) is 14.9 Å². The van der Waals surface area contributed by atoms with Crippen molar-refractivity contribution in [2.75, 3.05) is 11.5 Å². The van der Waals surface area contributed by atoms with E-state index in [2.05, 4.69) is 15.8 Å². The second kappa shape index (κ2) is 9.17. The molecule has 0 spiro atoms. The van der Waals surface area contributed by atoms with Gasteiger partial charge in [-0.2, -0.15) is 10.2 Å². The molecule has 2 N–H and O–H groups in total. The third-order valence-electron chi connectivity index (χ3n) is 4.82. The zero-order chi connectivity index (χ0) is 21.8. The van der Waals surface area contributed by atoms with E-state index in [9.17, 15) is 8.42 Å². The Labute approximate surface area is 191 Å². The number of nitrogens with one attached hydrogen (secondary N) is 2. The summed E-state index contributed by atoms with van der Waals surface area (Å²) in [6, 6.07) is 17.0. The molecular weight excluding hydrogens is 454 g/mol. The largest absolute Gasteiger partial charge is 0.358 e. The van der Waals surface area contributed by atoms with Crippen LogP contribution in [0.2, 0.25) is 5.02 Å². The number of hydrogen-bond acceptors (Lipinski definition) is 5. The van der Waals surface area contributed by atoms with Gasteiger partial charge in [0, 0.05) is 28.4 Å². The Bertz CT molecular complexity index is 1210. The molecule has 1 aliphatic heterocycles. The lowest BCUT2D eigenvalue weighted by molar-refractivity contribution is 0.600. The summed E-state index contributed by atoms with van der Waals surface area (Å²) in [5, 5.41) is 12.9. The van der Waals surface area contributed by atoms with Crippen molar-refractivity contribution in [3.63, 3.8) is 0 Å². The van der Waals surface area contributed by atoms with Gasteiger partial charge in [0.2, 0.25) is 0 Å². The molecule has 0 unspecified atom stereocenters. The molecule has 7 nitrogen and oxygen atoms in total. The SMILES string of the molecule is O=S1(=O)CC[C@@H](NC(=S)N/N=C\c2cn(-c3ccccc3)nc2-c2ccc(Cl)cc2)C1. The number of sulfone groups is 1. The molecule has 1 atom stereocenters. The molecule has 0 aliphatic carbocycles. The molecule has 3 aromatic rings. The Morgan fingerprint density at radius 3 is 2.61 bits per heavy atom. The lowest BCUT2D eigenvalue weighted by Gasteiger charge is -2.11. The summed E-state index contributed by atoms with van der Waals surface area (Å²) in [5.74, 6) is 0.267.